The first-order chi connectivity index (χ1) is 14.1. The van der Waals surface area contributed by atoms with E-state index in [2.05, 4.69) is 19.1 Å². The van der Waals surface area contributed by atoms with E-state index in [-0.39, 0.29) is 5.78 Å². The van der Waals surface area contributed by atoms with Crippen molar-refractivity contribution in [2.45, 2.75) is 13.8 Å². The molecule has 0 atom stereocenters. The van der Waals surface area contributed by atoms with Crippen molar-refractivity contribution in [1.82, 2.24) is 9.78 Å². The van der Waals surface area contributed by atoms with Gasteiger partial charge in [-0.2, -0.15) is 5.10 Å². The van der Waals surface area contributed by atoms with Crippen LogP contribution in [0.1, 0.15) is 27.0 Å². The first kappa shape index (κ1) is 18.6. The van der Waals surface area contributed by atoms with Crippen LogP contribution >= 0.6 is 0 Å². The predicted octanol–water partition coefficient (Wildman–Crippen LogP) is 6.05. The third kappa shape index (κ3) is 4.25. The molecule has 3 nitrogen and oxygen atoms in total. The molecule has 0 N–H and O–H groups in total. The van der Waals surface area contributed by atoms with Crippen LogP contribution in [0.5, 0.6) is 0 Å². The second-order valence-electron chi connectivity index (χ2n) is 7.15. The molecule has 1 aromatic heterocycles. The van der Waals surface area contributed by atoms with E-state index in [4.69, 9.17) is 5.10 Å². The lowest BCUT2D eigenvalue weighted by molar-refractivity contribution is 0.104. The molecule has 0 fully saturated rings. The topological polar surface area (TPSA) is 34.9 Å². The molecular weight excluding hydrogens is 356 g/mol. The van der Waals surface area contributed by atoms with Gasteiger partial charge in [-0.05, 0) is 50.3 Å². The summed E-state index contributed by atoms with van der Waals surface area (Å²) in [6, 6.07) is 25.9. The van der Waals surface area contributed by atoms with E-state index in [1.54, 1.807) is 6.08 Å². The van der Waals surface area contributed by atoms with Crippen LogP contribution in [0, 0.1) is 13.8 Å². The van der Waals surface area contributed by atoms with Gasteiger partial charge >= 0.3 is 0 Å². The minimum Gasteiger partial charge on any atom is -0.289 e. The van der Waals surface area contributed by atoms with E-state index in [0.29, 0.717) is 5.56 Å². The molecule has 0 bridgehead atoms. The molecule has 0 aliphatic rings. The second-order valence-corrected chi connectivity index (χ2v) is 7.15. The predicted molar refractivity (Wildman–Crippen MR) is 118 cm³/mol. The van der Waals surface area contributed by atoms with Crippen LogP contribution in [-0.2, 0) is 0 Å². The maximum atomic E-state index is 12.6. The summed E-state index contributed by atoms with van der Waals surface area (Å²) in [5.74, 6) is -0.0173. The minimum absolute atomic E-state index is 0.0173. The van der Waals surface area contributed by atoms with Crippen molar-refractivity contribution in [3.63, 3.8) is 0 Å². The van der Waals surface area contributed by atoms with Gasteiger partial charge in [0.25, 0.3) is 0 Å². The maximum Gasteiger partial charge on any atom is 0.185 e. The fourth-order valence-corrected chi connectivity index (χ4v) is 3.30. The molecule has 142 valence electrons. The zero-order chi connectivity index (χ0) is 20.2. The number of rotatable bonds is 5. The smallest absolute Gasteiger partial charge is 0.185 e. The normalized spacial score (nSPS) is 11.1. The highest BCUT2D eigenvalue weighted by Gasteiger charge is 2.11. The van der Waals surface area contributed by atoms with Gasteiger partial charge in [-0.15, -0.1) is 0 Å². The highest BCUT2D eigenvalue weighted by atomic mass is 16.1. The number of benzene rings is 3. The third-order valence-corrected chi connectivity index (χ3v) is 4.77. The quantitative estimate of drug-likeness (QED) is 0.313. The van der Waals surface area contributed by atoms with Gasteiger partial charge in [0.15, 0.2) is 5.78 Å². The zero-order valence-electron chi connectivity index (χ0n) is 16.5. The SMILES string of the molecule is Cc1cccc(C(=O)C=Cc2cn(-c3ccccc3)nc2-c2cccc(C)c2)c1. The number of hydrogen-bond acceptors (Lipinski definition) is 2. The summed E-state index contributed by atoms with van der Waals surface area (Å²) in [5.41, 5.74) is 6.69. The van der Waals surface area contributed by atoms with Crippen LogP contribution < -0.4 is 0 Å². The summed E-state index contributed by atoms with van der Waals surface area (Å²) in [6.07, 6.45) is 5.45. The van der Waals surface area contributed by atoms with Crippen molar-refractivity contribution in [3.05, 3.63) is 113 Å². The van der Waals surface area contributed by atoms with Crippen molar-refractivity contribution in [2.24, 2.45) is 0 Å². The van der Waals surface area contributed by atoms with Crippen molar-refractivity contribution < 1.29 is 4.79 Å². The Morgan fingerprint density at radius 1 is 0.862 bits per heavy atom. The van der Waals surface area contributed by atoms with Gasteiger partial charge in [0, 0.05) is 22.9 Å². The number of nitrogens with zero attached hydrogens (tertiary/aromatic N) is 2. The lowest BCUT2D eigenvalue weighted by Gasteiger charge is -2.01. The number of hydrogen-bond donors (Lipinski definition) is 0. The van der Waals surface area contributed by atoms with E-state index in [0.717, 1.165) is 28.1 Å². The van der Waals surface area contributed by atoms with E-state index >= 15 is 0 Å². The summed E-state index contributed by atoms with van der Waals surface area (Å²) < 4.78 is 1.86. The number of carbonyl (C=O) groups is 1. The Morgan fingerprint density at radius 3 is 2.31 bits per heavy atom. The molecule has 0 saturated carbocycles. The molecule has 4 rings (SSSR count). The molecule has 1 heterocycles. The van der Waals surface area contributed by atoms with Crippen molar-refractivity contribution in [1.29, 1.82) is 0 Å². The number of para-hydroxylation sites is 1. The first-order valence-corrected chi connectivity index (χ1v) is 9.61. The molecule has 29 heavy (non-hydrogen) atoms. The molecule has 3 aromatic carbocycles. The van der Waals surface area contributed by atoms with Gasteiger partial charge in [0.05, 0.1) is 11.4 Å². The van der Waals surface area contributed by atoms with Crippen LogP contribution in [-0.4, -0.2) is 15.6 Å². The zero-order valence-corrected chi connectivity index (χ0v) is 16.5. The molecule has 0 spiro atoms. The van der Waals surface area contributed by atoms with Gasteiger partial charge in [-0.3, -0.25) is 4.79 Å². The molecule has 0 radical (unpaired) electrons. The lowest BCUT2D eigenvalue weighted by Crippen LogP contribution is -1.94. The average molecular weight is 378 g/mol. The standard InChI is InChI=1S/C26H22N2O/c1-19-8-6-10-21(16-19)25(29)15-14-23-18-28(24-12-4-3-5-13-24)27-26(23)22-11-7-9-20(2)17-22/h3-18H,1-2H3. The Labute approximate surface area is 171 Å². The molecule has 0 amide bonds. The van der Waals surface area contributed by atoms with Crippen LogP contribution in [0.2, 0.25) is 0 Å². The number of allylic oxidation sites excluding steroid dienone is 1. The van der Waals surface area contributed by atoms with Crippen molar-refractivity contribution >= 4 is 11.9 Å². The number of aromatic nitrogens is 2. The van der Waals surface area contributed by atoms with Gasteiger partial charge in [-0.25, -0.2) is 4.68 Å². The van der Waals surface area contributed by atoms with Crippen LogP contribution in [0.4, 0.5) is 0 Å². The van der Waals surface area contributed by atoms with Crippen LogP contribution in [0.25, 0.3) is 23.0 Å². The number of aryl methyl sites for hydroxylation is 2. The van der Waals surface area contributed by atoms with Gasteiger partial charge in [-0.1, -0.05) is 65.7 Å². The molecule has 0 saturated heterocycles. The fraction of sp³-hybridized carbons (Fsp3) is 0.0769. The second kappa shape index (κ2) is 8.11. The van der Waals surface area contributed by atoms with Crippen molar-refractivity contribution in [2.75, 3.05) is 0 Å². The molecule has 0 unspecified atom stereocenters. The summed E-state index contributed by atoms with van der Waals surface area (Å²) in [5, 5.41) is 4.81. The summed E-state index contributed by atoms with van der Waals surface area (Å²) in [6.45, 7) is 4.05. The Morgan fingerprint density at radius 2 is 1.59 bits per heavy atom. The summed E-state index contributed by atoms with van der Waals surface area (Å²) in [7, 11) is 0. The molecule has 0 aliphatic heterocycles. The molecular formula is C26H22N2O. The third-order valence-electron chi connectivity index (χ3n) is 4.77. The first-order valence-electron chi connectivity index (χ1n) is 9.61. The maximum absolute atomic E-state index is 12.6. The lowest BCUT2D eigenvalue weighted by atomic mass is 10.0. The largest absolute Gasteiger partial charge is 0.289 e. The minimum atomic E-state index is -0.0173. The van der Waals surface area contributed by atoms with Gasteiger partial charge in [0.1, 0.15) is 0 Å². The summed E-state index contributed by atoms with van der Waals surface area (Å²) >= 11 is 0. The van der Waals surface area contributed by atoms with E-state index in [1.165, 1.54) is 5.56 Å². The van der Waals surface area contributed by atoms with E-state index in [1.807, 2.05) is 90.6 Å². The monoisotopic (exact) mass is 378 g/mol. The number of ketones is 1. The van der Waals surface area contributed by atoms with Gasteiger partial charge in [0.2, 0.25) is 0 Å². The fourth-order valence-electron chi connectivity index (χ4n) is 3.30. The summed E-state index contributed by atoms with van der Waals surface area (Å²) in [4.78, 5) is 12.6. The molecule has 0 aliphatic carbocycles. The number of carbonyl (C=O) groups excluding carboxylic acids is 1. The highest BCUT2D eigenvalue weighted by molar-refractivity contribution is 6.07. The molecule has 3 heteroatoms. The van der Waals surface area contributed by atoms with Crippen molar-refractivity contribution in [3.8, 4) is 16.9 Å². The van der Waals surface area contributed by atoms with Gasteiger partial charge < -0.3 is 0 Å². The van der Waals surface area contributed by atoms with E-state index in [9.17, 15) is 4.79 Å². The highest BCUT2D eigenvalue weighted by Crippen LogP contribution is 2.26. The van der Waals surface area contributed by atoms with E-state index < -0.39 is 0 Å². The van der Waals surface area contributed by atoms with Crippen LogP contribution in [0.3, 0.4) is 0 Å². The molecule has 4 aromatic rings. The Bertz CT molecular complexity index is 1190. The Balaban J connectivity index is 1.75. The Hall–Kier alpha value is -3.72. The van der Waals surface area contributed by atoms with Crippen LogP contribution in [0.15, 0.2) is 91.1 Å². The average Bonchev–Trinajstić information content (AvgIpc) is 3.17. The Kier molecular flexibility index (Phi) is 5.21.